The SMILES string of the molecule is O=C1NC(=O)c2cc(-c3cc4cccnc4c4ncccc34)ccc21. The Morgan fingerprint density at radius 1 is 0.720 bits per heavy atom. The molecule has 0 unspecified atom stereocenters. The van der Waals surface area contributed by atoms with Gasteiger partial charge in [0.1, 0.15) is 0 Å². The van der Waals surface area contributed by atoms with Gasteiger partial charge in [-0.3, -0.25) is 24.9 Å². The number of hydrogen-bond donors (Lipinski definition) is 1. The lowest BCUT2D eigenvalue weighted by molar-refractivity contribution is 0.0879. The molecule has 0 spiro atoms. The third kappa shape index (κ3) is 1.96. The molecule has 5 nitrogen and oxygen atoms in total. The van der Waals surface area contributed by atoms with E-state index in [4.69, 9.17) is 0 Å². The molecule has 5 heteroatoms. The maximum atomic E-state index is 12.0. The van der Waals surface area contributed by atoms with Crippen LogP contribution < -0.4 is 5.32 Å². The average molecular weight is 325 g/mol. The number of pyridine rings is 2. The van der Waals surface area contributed by atoms with Gasteiger partial charge in [0.25, 0.3) is 11.8 Å². The number of aromatic nitrogens is 2. The first-order chi connectivity index (χ1) is 12.2. The van der Waals surface area contributed by atoms with Crippen molar-refractivity contribution >= 4 is 33.6 Å². The van der Waals surface area contributed by atoms with Crippen LogP contribution in [0.15, 0.2) is 60.9 Å². The second kappa shape index (κ2) is 4.95. The lowest BCUT2D eigenvalue weighted by Crippen LogP contribution is -2.19. The molecule has 0 saturated carbocycles. The predicted octanol–water partition coefficient (Wildman–Crippen LogP) is 3.33. The molecule has 2 aromatic heterocycles. The molecule has 0 aliphatic carbocycles. The van der Waals surface area contributed by atoms with Gasteiger partial charge in [0.15, 0.2) is 0 Å². The van der Waals surface area contributed by atoms with Crippen LogP contribution in [0.25, 0.3) is 32.9 Å². The summed E-state index contributed by atoms with van der Waals surface area (Å²) in [6.07, 6.45) is 3.50. The molecule has 25 heavy (non-hydrogen) atoms. The molecule has 3 heterocycles. The van der Waals surface area contributed by atoms with Crippen LogP contribution in [0.4, 0.5) is 0 Å². The minimum atomic E-state index is -0.355. The molecule has 0 radical (unpaired) electrons. The maximum absolute atomic E-state index is 12.0. The van der Waals surface area contributed by atoms with Crippen molar-refractivity contribution in [2.45, 2.75) is 0 Å². The van der Waals surface area contributed by atoms with E-state index in [-0.39, 0.29) is 11.8 Å². The van der Waals surface area contributed by atoms with E-state index in [1.807, 2.05) is 36.4 Å². The topological polar surface area (TPSA) is 72.0 Å². The summed E-state index contributed by atoms with van der Waals surface area (Å²) in [7, 11) is 0. The van der Waals surface area contributed by atoms with Gasteiger partial charge in [-0.05, 0) is 41.5 Å². The van der Waals surface area contributed by atoms with Crippen LogP contribution in [-0.4, -0.2) is 21.8 Å². The summed E-state index contributed by atoms with van der Waals surface area (Å²) in [5.74, 6) is -0.701. The molecular formula is C20H11N3O2. The zero-order valence-electron chi connectivity index (χ0n) is 13.0. The standard InChI is InChI=1S/C20H11N3O2/c24-19-14-6-5-11(9-16(14)20(25)23-19)15-10-12-3-1-7-21-17(12)18-13(15)4-2-8-22-18/h1-10H,(H,23,24,25). The Morgan fingerprint density at radius 3 is 2.36 bits per heavy atom. The van der Waals surface area contributed by atoms with Crippen molar-refractivity contribution in [3.05, 3.63) is 72.1 Å². The molecule has 1 aliphatic heterocycles. The highest BCUT2D eigenvalue weighted by molar-refractivity contribution is 6.22. The number of fused-ring (bicyclic) bond motifs is 4. The number of rotatable bonds is 1. The van der Waals surface area contributed by atoms with E-state index in [1.54, 1.807) is 24.5 Å². The smallest absolute Gasteiger partial charge is 0.258 e. The van der Waals surface area contributed by atoms with E-state index in [2.05, 4.69) is 15.3 Å². The zero-order valence-corrected chi connectivity index (χ0v) is 13.0. The lowest BCUT2D eigenvalue weighted by Gasteiger charge is -2.10. The van der Waals surface area contributed by atoms with Crippen molar-refractivity contribution in [1.82, 2.24) is 15.3 Å². The summed E-state index contributed by atoms with van der Waals surface area (Å²) in [6.45, 7) is 0. The van der Waals surface area contributed by atoms with Crippen molar-refractivity contribution < 1.29 is 9.59 Å². The van der Waals surface area contributed by atoms with Crippen molar-refractivity contribution in [2.75, 3.05) is 0 Å². The van der Waals surface area contributed by atoms with Crippen LogP contribution in [0.5, 0.6) is 0 Å². The Kier molecular flexibility index (Phi) is 2.73. The molecule has 0 atom stereocenters. The van der Waals surface area contributed by atoms with Gasteiger partial charge in [-0.25, -0.2) is 0 Å². The van der Waals surface area contributed by atoms with Crippen molar-refractivity contribution in [2.24, 2.45) is 0 Å². The third-order valence-corrected chi connectivity index (χ3v) is 4.51. The Bertz CT molecular complexity index is 1210. The number of carbonyl (C=O) groups excluding carboxylic acids is 2. The molecular weight excluding hydrogens is 314 g/mol. The first-order valence-corrected chi connectivity index (χ1v) is 7.85. The number of imide groups is 1. The highest BCUT2D eigenvalue weighted by atomic mass is 16.2. The number of amides is 2. The van der Waals surface area contributed by atoms with E-state index >= 15 is 0 Å². The van der Waals surface area contributed by atoms with Crippen molar-refractivity contribution in [3.63, 3.8) is 0 Å². The number of hydrogen-bond acceptors (Lipinski definition) is 4. The summed E-state index contributed by atoms with van der Waals surface area (Å²) in [6, 6.07) is 15.1. The Balaban J connectivity index is 1.85. The summed E-state index contributed by atoms with van der Waals surface area (Å²) >= 11 is 0. The number of carbonyl (C=O) groups is 2. The van der Waals surface area contributed by atoms with Crippen LogP contribution in [0, 0.1) is 0 Å². The number of benzene rings is 2. The second-order valence-electron chi connectivity index (χ2n) is 5.94. The number of nitrogens with zero attached hydrogens (tertiary/aromatic N) is 2. The van der Waals surface area contributed by atoms with Gasteiger partial charge >= 0.3 is 0 Å². The molecule has 2 amide bonds. The highest BCUT2D eigenvalue weighted by Crippen LogP contribution is 2.34. The Hall–Kier alpha value is -3.60. The van der Waals surface area contributed by atoms with E-state index in [9.17, 15) is 9.59 Å². The summed E-state index contributed by atoms with van der Waals surface area (Å²) in [5.41, 5.74) is 4.31. The van der Waals surface area contributed by atoms with Crippen LogP contribution in [0.3, 0.4) is 0 Å². The van der Waals surface area contributed by atoms with Gasteiger partial charge in [-0.2, -0.15) is 0 Å². The quantitative estimate of drug-likeness (QED) is 0.430. The van der Waals surface area contributed by atoms with E-state index in [0.717, 1.165) is 32.9 Å². The molecule has 1 N–H and O–H groups in total. The van der Waals surface area contributed by atoms with E-state index in [1.165, 1.54) is 0 Å². The fourth-order valence-corrected chi connectivity index (χ4v) is 3.35. The molecule has 1 aliphatic rings. The van der Waals surface area contributed by atoms with Crippen molar-refractivity contribution in [1.29, 1.82) is 0 Å². The van der Waals surface area contributed by atoms with E-state index < -0.39 is 0 Å². The van der Waals surface area contributed by atoms with Gasteiger partial charge in [0, 0.05) is 23.2 Å². The summed E-state index contributed by atoms with van der Waals surface area (Å²) < 4.78 is 0. The minimum Gasteiger partial charge on any atom is -0.288 e. The predicted molar refractivity (Wildman–Crippen MR) is 94.3 cm³/mol. The molecule has 4 aromatic rings. The third-order valence-electron chi connectivity index (χ3n) is 4.51. The largest absolute Gasteiger partial charge is 0.288 e. The van der Waals surface area contributed by atoms with Crippen LogP contribution >= 0.6 is 0 Å². The highest BCUT2D eigenvalue weighted by Gasteiger charge is 2.27. The fraction of sp³-hybridized carbons (Fsp3) is 0. The summed E-state index contributed by atoms with van der Waals surface area (Å²) in [4.78, 5) is 32.7. The first kappa shape index (κ1) is 13.8. The molecule has 0 fully saturated rings. The van der Waals surface area contributed by atoms with Crippen molar-refractivity contribution in [3.8, 4) is 11.1 Å². The monoisotopic (exact) mass is 325 g/mol. The fourth-order valence-electron chi connectivity index (χ4n) is 3.35. The molecule has 0 saturated heterocycles. The second-order valence-corrected chi connectivity index (χ2v) is 5.94. The molecule has 0 bridgehead atoms. The normalized spacial score (nSPS) is 13.3. The van der Waals surface area contributed by atoms with Crippen LogP contribution in [-0.2, 0) is 0 Å². The average Bonchev–Trinajstić information content (AvgIpc) is 2.94. The number of nitrogens with one attached hydrogen (secondary N) is 1. The van der Waals surface area contributed by atoms with Gasteiger partial charge in [-0.15, -0.1) is 0 Å². The summed E-state index contributed by atoms with van der Waals surface area (Å²) in [5, 5.41) is 4.26. The minimum absolute atomic E-state index is 0.346. The van der Waals surface area contributed by atoms with E-state index in [0.29, 0.717) is 11.1 Å². The van der Waals surface area contributed by atoms with Gasteiger partial charge in [0.05, 0.1) is 22.2 Å². The Labute approximate surface area is 142 Å². The maximum Gasteiger partial charge on any atom is 0.258 e. The molecule has 118 valence electrons. The molecule has 5 rings (SSSR count). The first-order valence-electron chi connectivity index (χ1n) is 7.85. The lowest BCUT2D eigenvalue weighted by atomic mass is 9.95. The van der Waals surface area contributed by atoms with Crippen LogP contribution in [0.1, 0.15) is 20.7 Å². The van der Waals surface area contributed by atoms with Gasteiger partial charge < -0.3 is 0 Å². The molecule has 2 aromatic carbocycles. The van der Waals surface area contributed by atoms with Gasteiger partial charge in [-0.1, -0.05) is 18.2 Å². The zero-order chi connectivity index (χ0) is 17.0. The van der Waals surface area contributed by atoms with Gasteiger partial charge in [0.2, 0.25) is 0 Å². The Morgan fingerprint density at radius 2 is 1.48 bits per heavy atom. The van der Waals surface area contributed by atoms with Crippen LogP contribution in [0.2, 0.25) is 0 Å².